The predicted molar refractivity (Wildman–Crippen MR) is 97.7 cm³/mol. The number of nitrogens with zero attached hydrogens (tertiary/aromatic N) is 3. The van der Waals surface area contributed by atoms with E-state index >= 15 is 0 Å². The number of hydrogen-bond acceptors (Lipinski definition) is 3. The lowest BCUT2D eigenvalue weighted by molar-refractivity contribution is 1.11. The van der Waals surface area contributed by atoms with Crippen LogP contribution >= 0.6 is 0 Å². The van der Waals surface area contributed by atoms with E-state index in [1.54, 1.807) is 6.07 Å². The third-order valence-electron chi connectivity index (χ3n) is 4.37. The monoisotopic (exact) mass is 314 g/mol. The first-order valence-corrected chi connectivity index (χ1v) is 7.89. The molecule has 0 aliphatic heterocycles. The van der Waals surface area contributed by atoms with Crippen LogP contribution in [-0.2, 0) is 0 Å². The number of aromatic nitrogens is 3. The minimum absolute atomic E-state index is 0.477. The highest BCUT2D eigenvalue weighted by Crippen LogP contribution is 2.26. The zero-order chi connectivity index (χ0) is 16.7. The molecular weight excluding hydrogens is 296 g/mol. The van der Waals surface area contributed by atoms with E-state index in [0.717, 1.165) is 11.3 Å². The predicted octanol–water partition coefficient (Wildman–Crippen LogP) is 4.26. The first kappa shape index (κ1) is 14.5. The lowest BCUT2D eigenvalue weighted by Gasteiger charge is -2.06. The number of benzene rings is 2. The maximum atomic E-state index is 5.71. The Morgan fingerprint density at radius 1 is 0.792 bits per heavy atom. The lowest BCUT2D eigenvalue weighted by atomic mass is 9.99. The van der Waals surface area contributed by atoms with E-state index in [1.807, 2.05) is 16.8 Å². The maximum Gasteiger partial charge on any atom is 0.236 e. The highest BCUT2D eigenvalue weighted by atomic mass is 15.1. The average Bonchev–Trinajstić information content (AvgIpc) is 3.00. The van der Waals surface area contributed by atoms with Gasteiger partial charge >= 0.3 is 0 Å². The van der Waals surface area contributed by atoms with Gasteiger partial charge in [0.15, 0.2) is 0 Å². The first-order chi connectivity index (χ1) is 11.6. The van der Waals surface area contributed by atoms with Gasteiger partial charge in [0.05, 0.1) is 5.69 Å². The molecule has 4 nitrogen and oxygen atoms in total. The van der Waals surface area contributed by atoms with Crippen LogP contribution in [0.15, 0.2) is 60.9 Å². The zero-order valence-electron chi connectivity index (χ0n) is 13.7. The second-order valence-electron chi connectivity index (χ2n) is 6.06. The van der Waals surface area contributed by atoms with Crippen LogP contribution in [0.25, 0.3) is 28.2 Å². The summed E-state index contributed by atoms with van der Waals surface area (Å²) < 4.78 is 1.88. The van der Waals surface area contributed by atoms with Crippen LogP contribution in [0.2, 0.25) is 0 Å². The second-order valence-corrected chi connectivity index (χ2v) is 6.06. The molecule has 0 saturated heterocycles. The van der Waals surface area contributed by atoms with Gasteiger partial charge in [-0.2, -0.15) is 4.98 Å². The van der Waals surface area contributed by atoms with Crippen LogP contribution in [0.4, 0.5) is 5.82 Å². The van der Waals surface area contributed by atoms with Crippen molar-refractivity contribution in [2.45, 2.75) is 13.8 Å². The summed E-state index contributed by atoms with van der Waals surface area (Å²) in [6.45, 7) is 4.27. The number of anilines is 1. The van der Waals surface area contributed by atoms with Gasteiger partial charge in [0, 0.05) is 18.0 Å². The molecule has 4 rings (SSSR count). The van der Waals surface area contributed by atoms with Gasteiger partial charge in [0.2, 0.25) is 5.78 Å². The van der Waals surface area contributed by atoms with Crippen molar-refractivity contribution in [1.29, 1.82) is 0 Å². The Kier molecular flexibility index (Phi) is 3.31. The summed E-state index contributed by atoms with van der Waals surface area (Å²) >= 11 is 0. The van der Waals surface area contributed by atoms with E-state index in [4.69, 9.17) is 5.73 Å². The van der Waals surface area contributed by atoms with Crippen LogP contribution in [0.1, 0.15) is 11.1 Å². The molecule has 2 aromatic heterocycles. The minimum atomic E-state index is 0.477. The smallest absolute Gasteiger partial charge is 0.236 e. The Balaban J connectivity index is 1.70. The van der Waals surface area contributed by atoms with E-state index < -0.39 is 0 Å². The van der Waals surface area contributed by atoms with Crippen LogP contribution in [0.5, 0.6) is 0 Å². The molecule has 0 saturated carbocycles. The summed E-state index contributed by atoms with van der Waals surface area (Å²) in [5, 5.41) is 0. The molecule has 0 aliphatic rings. The van der Waals surface area contributed by atoms with Gasteiger partial charge in [-0.15, -0.1) is 0 Å². The summed E-state index contributed by atoms with van der Waals surface area (Å²) in [5.41, 5.74) is 12.7. The normalized spacial score (nSPS) is 11.1. The minimum Gasteiger partial charge on any atom is -0.384 e. The van der Waals surface area contributed by atoms with Gasteiger partial charge in [0.25, 0.3) is 0 Å². The molecule has 0 atom stereocenters. The Morgan fingerprint density at radius 3 is 2.25 bits per heavy atom. The van der Waals surface area contributed by atoms with Crippen LogP contribution in [-0.4, -0.2) is 14.4 Å². The Bertz CT molecular complexity index is 1030. The van der Waals surface area contributed by atoms with E-state index in [2.05, 4.69) is 66.3 Å². The Morgan fingerprint density at radius 2 is 1.50 bits per heavy atom. The molecular formula is C20H18N4. The molecule has 2 N–H and O–H groups in total. The Hall–Kier alpha value is -3.14. The summed E-state index contributed by atoms with van der Waals surface area (Å²) in [6.07, 6.45) is 3.84. The average molecular weight is 314 g/mol. The summed E-state index contributed by atoms with van der Waals surface area (Å²) in [5.74, 6) is 1.09. The second kappa shape index (κ2) is 5.49. The van der Waals surface area contributed by atoms with Crippen molar-refractivity contribution in [3.63, 3.8) is 0 Å². The fourth-order valence-corrected chi connectivity index (χ4v) is 2.78. The van der Waals surface area contributed by atoms with Crippen molar-refractivity contribution in [3.05, 3.63) is 72.1 Å². The highest BCUT2D eigenvalue weighted by Gasteiger charge is 2.06. The quantitative estimate of drug-likeness (QED) is 0.601. The molecule has 4 aromatic rings. The summed E-state index contributed by atoms with van der Waals surface area (Å²) in [4.78, 5) is 8.78. The van der Waals surface area contributed by atoms with Crippen molar-refractivity contribution in [2.75, 3.05) is 5.73 Å². The third kappa shape index (κ3) is 2.52. The highest BCUT2D eigenvalue weighted by molar-refractivity contribution is 5.70. The number of fused-ring (bicyclic) bond motifs is 1. The van der Waals surface area contributed by atoms with Crippen LogP contribution < -0.4 is 5.73 Å². The largest absolute Gasteiger partial charge is 0.384 e. The molecule has 0 unspecified atom stereocenters. The van der Waals surface area contributed by atoms with E-state index in [9.17, 15) is 0 Å². The molecule has 4 heteroatoms. The molecule has 0 radical (unpaired) electrons. The van der Waals surface area contributed by atoms with Crippen molar-refractivity contribution < 1.29 is 0 Å². The topological polar surface area (TPSA) is 56.2 Å². The number of aryl methyl sites for hydroxylation is 2. The van der Waals surface area contributed by atoms with E-state index in [1.165, 1.54) is 22.3 Å². The van der Waals surface area contributed by atoms with Gasteiger partial charge in [-0.3, -0.25) is 4.40 Å². The van der Waals surface area contributed by atoms with Crippen molar-refractivity contribution in [1.82, 2.24) is 14.4 Å². The zero-order valence-corrected chi connectivity index (χ0v) is 13.7. The summed E-state index contributed by atoms with van der Waals surface area (Å²) in [7, 11) is 0. The number of nitrogen functional groups attached to an aromatic ring is 1. The summed E-state index contributed by atoms with van der Waals surface area (Å²) in [6, 6.07) is 16.8. The van der Waals surface area contributed by atoms with Gasteiger partial charge in [-0.1, -0.05) is 42.5 Å². The Labute approximate surface area is 140 Å². The fraction of sp³-hybridized carbons (Fsp3) is 0.100. The molecule has 24 heavy (non-hydrogen) atoms. The molecule has 0 aliphatic carbocycles. The SMILES string of the molecule is Cc1ccc(-c2ccc(-c3cn4ccc(N)nc4n3)cc2)cc1C. The standard InChI is InChI=1S/C20H18N4/c1-13-3-4-17(11-14(13)2)15-5-7-16(8-6-15)18-12-24-10-9-19(21)23-20(24)22-18/h3-12H,1-2H3,(H2,21,22,23). The third-order valence-corrected chi connectivity index (χ3v) is 4.37. The van der Waals surface area contributed by atoms with Crippen molar-refractivity contribution in [3.8, 4) is 22.4 Å². The van der Waals surface area contributed by atoms with Gasteiger partial charge in [-0.25, -0.2) is 4.98 Å². The van der Waals surface area contributed by atoms with E-state index in [0.29, 0.717) is 11.6 Å². The first-order valence-electron chi connectivity index (χ1n) is 7.89. The van der Waals surface area contributed by atoms with Gasteiger partial charge < -0.3 is 5.73 Å². The molecule has 0 fully saturated rings. The number of nitrogens with two attached hydrogens (primary N) is 1. The van der Waals surface area contributed by atoms with Gasteiger partial charge in [-0.05, 0) is 42.2 Å². The maximum absolute atomic E-state index is 5.71. The fourth-order valence-electron chi connectivity index (χ4n) is 2.78. The molecule has 2 heterocycles. The van der Waals surface area contributed by atoms with Crippen molar-refractivity contribution >= 4 is 11.6 Å². The molecule has 0 bridgehead atoms. The molecule has 118 valence electrons. The van der Waals surface area contributed by atoms with Gasteiger partial charge in [0.1, 0.15) is 5.82 Å². The lowest BCUT2D eigenvalue weighted by Crippen LogP contribution is -1.93. The van der Waals surface area contributed by atoms with Crippen molar-refractivity contribution in [2.24, 2.45) is 0 Å². The molecule has 0 amide bonds. The van der Waals surface area contributed by atoms with E-state index in [-0.39, 0.29) is 0 Å². The molecule has 0 spiro atoms. The number of imidazole rings is 1. The van der Waals surface area contributed by atoms with Crippen LogP contribution in [0, 0.1) is 13.8 Å². The number of hydrogen-bond donors (Lipinski definition) is 1. The molecule has 2 aromatic carbocycles. The number of rotatable bonds is 2. The van der Waals surface area contributed by atoms with Crippen LogP contribution in [0.3, 0.4) is 0 Å².